The first-order chi connectivity index (χ1) is 8.95. The fourth-order valence-electron chi connectivity index (χ4n) is 3.13. The number of nitrogens with one attached hydrogen (secondary N) is 1. The van der Waals surface area contributed by atoms with Gasteiger partial charge in [-0.05, 0) is 32.1 Å². The van der Waals surface area contributed by atoms with Gasteiger partial charge in [-0.1, -0.05) is 38.3 Å². The molecule has 0 aromatic carbocycles. The van der Waals surface area contributed by atoms with Crippen LogP contribution in [-0.2, 0) is 13.1 Å². The van der Waals surface area contributed by atoms with Crippen LogP contribution in [0.5, 0.6) is 0 Å². The van der Waals surface area contributed by atoms with Crippen molar-refractivity contribution in [2.45, 2.75) is 72.5 Å². The third kappa shape index (κ3) is 3.14. The van der Waals surface area contributed by atoms with Crippen molar-refractivity contribution in [2.75, 3.05) is 0 Å². The summed E-state index contributed by atoms with van der Waals surface area (Å²) in [5.41, 5.74) is 2.45. The third-order valence-corrected chi connectivity index (χ3v) is 4.97. The van der Waals surface area contributed by atoms with Gasteiger partial charge in [0.15, 0.2) is 0 Å². The minimum Gasteiger partial charge on any atom is -0.308 e. The van der Waals surface area contributed by atoms with Crippen molar-refractivity contribution in [1.82, 2.24) is 15.1 Å². The van der Waals surface area contributed by atoms with Crippen molar-refractivity contribution in [3.8, 4) is 0 Å². The van der Waals surface area contributed by atoms with E-state index in [1.165, 1.54) is 25.7 Å². The predicted molar refractivity (Wildman–Crippen MR) is 80.5 cm³/mol. The Bertz CT molecular complexity index is 437. The number of aromatic nitrogens is 2. The van der Waals surface area contributed by atoms with Crippen molar-refractivity contribution in [3.63, 3.8) is 0 Å². The van der Waals surface area contributed by atoms with E-state index < -0.39 is 0 Å². The van der Waals surface area contributed by atoms with Crippen LogP contribution in [-0.4, -0.2) is 15.8 Å². The zero-order chi connectivity index (χ0) is 14.0. The second-order valence-electron chi connectivity index (χ2n) is 6.33. The lowest BCUT2D eigenvalue weighted by atomic mass is 9.73. The molecule has 1 aromatic rings. The zero-order valence-electron chi connectivity index (χ0n) is 12.6. The predicted octanol–water partition coefficient (Wildman–Crippen LogP) is 3.92. The van der Waals surface area contributed by atoms with E-state index in [2.05, 4.69) is 31.2 Å². The maximum absolute atomic E-state index is 6.36. The van der Waals surface area contributed by atoms with Crippen LogP contribution < -0.4 is 5.32 Å². The van der Waals surface area contributed by atoms with Crippen LogP contribution in [0.2, 0.25) is 5.02 Å². The molecule has 0 amide bonds. The summed E-state index contributed by atoms with van der Waals surface area (Å²) < 4.78 is 2.01. The molecule has 108 valence electrons. The Morgan fingerprint density at radius 1 is 1.42 bits per heavy atom. The molecule has 1 unspecified atom stereocenters. The van der Waals surface area contributed by atoms with Gasteiger partial charge in [0.25, 0.3) is 0 Å². The molecule has 3 nitrogen and oxygen atoms in total. The van der Waals surface area contributed by atoms with Crippen molar-refractivity contribution < 1.29 is 0 Å². The lowest BCUT2D eigenvalue weighted by molar-refractivity contribution is 0.166. The van der Waals surface area contributed by atoms with E-state index >= 15 is 0 Å². The van der Waals surface area contributed by atoms with E-state index in [1.807, 2.05) is 11.6 Å². The molecule has 1 atom stereocenters. The van der Waals surface area contributed by atoms with Gasteiger partial charge in [0, 0.05) is 19.1 Å². The maximum Gasteiger partial charge on any atom is 0.0860 e. The van der Waals surface area contributed by atoms with Gasteiger partial charge < -0.3 is 5.32 Å². The largest absolute Gasteiger partial charge is 0.308 e. The van der Waals surface area contributed by atoms with Crippen LogP contribution >= 0.6 is 11.6 Å². The summed E-state index contributed by atoms with van der Waals surface area (Å²) >= 11 is 6.36. The zero-order valence-corrected chi connectivity index (χ0v) is 13.3. The molecular formula is C15H26ClN3. The number of hydrogen-bond acceptors (Lipinski definition) is 2. The van der Waals surface area contributed by atoms with Crippen molar-refractivity contribution in [2.24, 2.45) is 5.41 Å². The molecule has 1 fully saturated rings. The van der Waals surface area contributed by atoms with Crippen LogP contribution in [0.15, 0.2) is 0 Å². The summed E-state index contributed by atoms with van der Waals surface area (Å²) in [4.78, 5) is 0. The molecule has 1 saturated carbocycles. The standard InChI is InChI=1S/C15H26ClN3/c1-5-19-12(14(16)11(2)18-19)10-17-13-8-6-7-9-15(13,3)4/h13,17H,5-10H2,1-4H3. The molecule has 1 heterocycles. The Balaban J connectivity index is 2.06. The normalized spacial score (nSPS) is 22.7. The summed E-state index contributed by atoms with van der Waals surface area (Å²) in [6, 6.07) is 0.581. The summed E-state index contributed by atoms with van der Waals surface area (Å²) in [5, 5.41) is 9.01. The molecule has 0 aliphatic heterocycles. The van der Waals surface area contributed by atoms with Crippen LogP contribution in [0.3, 0.4) is 0 Å². The first kappa shape index (κ1) is 14.9. The van der Waals surface area contributed by atoms with Crippen molar-refractivity contribution in [3.05, 3.63) is 16.4 Å². The summed E-state index contributed by atoms with van der Waals surface area (Å²) in [5.74, 6) is 0. The lowest BCUT2D eigenvalue weighted by Crippen LogP contribution is -2.44. The van der Waals surface area contributed by atoms with E-state index in [0.29, 0.717) is 11.5 Å². The second kappa shape index (κ2) is 5.84. The van der Waals surface area contributed by atoms with Crippen LogP contribution in [0.4, 0.5) is 0 Å². The van der Waals surface area contributed by atoms with Gasteiger partial charge in [-0.2, -0.15) is 5.10 Å². The number of rotatable bonds is 4. The second-order valence-corrected chi connectivity index (χ2v) is 6.71. The van der Waals surface area contributed by atoms with Gasteiger partial charge in [0.2, 0.25) is 0 Å². The number of hydrogen-bond donors (Lipinski definition) is 1. The van der Waals surface area contributed by atoms with Crippen molar-refractivity contribution in [1.29, 1.82) is 0 Å². The molecular weight excluding hydrogens is 258 g/mol. The molecule has 0 bridgehead atoms. The van der Waals surface area contributed by atoms with Crippen LogP contribution in [0.25, 0.3) is 0 Å². The fourth-order valence-corrected chi connectivity index (χ4v) is 3.33. The Labute approximate surface area is 121 Å². The molecule has 4 heteroatoms. The maximum atomic E-state index is 6.36. The van der Waals surface area contributed by atoms with Gasteiger partial charge >= 0.3 is 0 Å². The smallest absolute Gasteiger partial charge is 0.0860 e. The van der Waals surface area contributed by atoms with E-state index in [1.54, 1.807) is 0 Å². The molecule has 19 heavy (non-hydrogen) atoms. The quantitative estimate of drug-likeness (QED) is 0.907. The van der Waals surface area contributed by atoms with E-state index in [4.69, 9.17) is 11.6 Å². The number of halogens is 1. The molecule has 0 spiro atoms. The van der Waals surface area contributed by atoms with E-state index in [-0.39, 0.29) is 0 Å². The molecule has 0 radical (unpaired) electrons. The molecule has 1 aliphatic rings. The van der Waals surface area contributed by atoms with Crippen LogP contribution in [0, 0.1) is 12.3 Å². The topological polar surface area (TPSA) is 29.9 Å². The molecule has 1 aliphatic carbocycles. The summed E-state index contributed by atoms with van der Waals surface area (Å²) in [6.07, 6.45) is 5.27. The molecule has 1 N–H and O–H groups in total. The van der Waals surface area contributed by atoms with Gasteiger partial charge in [0.05, 0.1) is 16.4 Å². The van der Waals surface area contributed by atoms with Crippen LogP contribution in [0.1, 0.15) is 57.8 Å². The molecule has 0 saturated heterocycles. The molecule has 2 rings (SSSR count). The number of nitrogens with zero attached hydrogens (tertiary/aromatic N) is 2. The summed E-state index contributed by atoms with van der Waals surface area (Å²) in [7, 11) is 0. The van der Waals surface area contributed by atoms with Gasteiger partial charge in [-0.25, -0.2) is 0 Å². The fraction of sp³-hybridized carbons (Fsp3) is 0.800. The highest BCUT2D eigenvalue weighted by atomic mass is 35.5. The molecule has 1 aromatic heterocycles. The number of aryl methyl sites for hydroxylation is 2. The first-order valence-electron chi connectivity index (χ1n) is 7.41. The monoisotopic (exact) mass is 283 g/mol. The average molecular weight is 284 g/mol. The summed E-state index contributed by atoms with van der Waals surface area (Å²) in [6.45, 7) is 10.5. The Kier molecular flexibility index (Phi) is 4.57. The highest BCUT2D eigenvalue weighted by Crippen LogP contribution is 2.35. The average Bonchev–Trinajstić information content (AvgIpc) is 2.64. The highest BCUT2D eigenvalue weighted by Gasteiger charge is 2.32. The van der Waals surface area contributed by atoms with Gasteiger partial charge in [0.1, 0.15) is 0 Å². The SMILES string of the molecule is CCn1nc(C)c(Cl)c1CNC1CCCCC1(C)C. The van der Waals surface area contributed by atoms with Gasteiger partial charge in [-0.15, -0.1) is 0 Å². The van der Waals surface area contributed by atoms with E-state index in [0.717, 1.165) is 29.5 Å². The minimum absolute atomic E-state index is 0.386. The van der Waals surface area contributed by atoms with Crippen molar-refractivity contribution >= 4 is 11.6 Å². The first-order valence-corrected chi connectivity index (χ1v) is 7.78. The Morgan fingerprint density at radius 3 is 2.79 bits per heavy atom. The van der Waals surface area contributed by atoms with E-state index in [9.17, 15) is 0 Å². The lowest BCUT2D eigenvalue weighted by Gasteiger charge is -2.39. The Hall–Kier alpha value is -0.540. The minimum atomic E-state index is 0.386. The Morgan fingerprint density at radius 2 is 2.16 bits per heavy atom. The van der Waals surface area contributed by atoms with Gasteiger partial charge in [-0.3, -0.25) is 4.68 Å². The highest BCUT2D eigenvalue weighted by molar-refractivity contribution is 6.31. The third-order valence-electron chi connectivity index (χ3n) is 4.48.